The maximum absolute atomic E-state index is 13.3. The van der Waals surface area contributed by atoms with Crippen molar-refractivity contribution in [1.29, 1.82) is 0 Å². The molecule has 3 heteroatoms. The average Bonchev–Trinajstić information content (AvgIpc) is 2.54. The largest absolute Gasteiger partial charge is 0.471 e. The molecule has 1 aromatic rings. The maximum atomic E-state index is 13.3. The Balaban J connectivity index is 2.45. The molecule has 13 heavy (non-hydrogen) atoms. The van der Waals surface area contributed by atoms with Crippen LogP contribution in [0.5, 0.6) is 0 Å². The van der Waals surface area contributed by atoms with Crippen molar-refractivity contribution in [3.63, 3.8) is 0 Å². The van der Waals surface area contributed by atoms with Gasteiger partial charge in [-0.25, -0.2) is 9.38 Å². The molecule has 2 nitrogen and oxygen atoms in total. The molecule has 1 aromatic carbocycles. The third-order valence-electron chi connectivity index (χ3n) is 2.16. The van der Waals surface area contributed by atoms with Crippen LogP contribution >= 0.6 is 0 Å². The highest BCUT2D eigenvalue weighted by Crippen LogP contribution is 2.30. The van der Waals surface area contributed by atoms with E-state index in [2.05, 4.69) is 11.4 Å². The van der Waals surface area contributed by atoms with E-state index in [-0.39, 0.29) is 5.82 Å². The Hall–Kier alpha value is -1.38. The Labute approximate surface area is 76.1 Å². The summed E-state index contributed by atoms with van der Waals surface area (Å²) in [5.74, 6) is -0.249. The molecule has 1 atom stereocenters. The third-order valence-corrected chi connectivity index (χ3v) is 2.16. The van der Waals surface area contributed by atoms with Gasteiger partial charge in [0, 0.05) is 5.56 Å². The molecule has 0 saturated heterocycles. The van der Waals surface area contributed by atoms with Crippen LogP contribution in [0, 0.1) is 5.82 Å². The fraction of sp³-hybridized carbons (Fsp3) is 0.300. The number of hydrogen-bond acceptors (Lipinski definition) is 2. The normalized spacial score (nSPS) is 26.0. The Morgan fingerprint density at radius 2 is 2.31 bits per heavy atom. The number of benzene rings is 1. The van der Waals surface area contributed by atoms with Crippen LogP contribution < -0.4 is 0 Å². The Bertz CT molecular complexity index is 351. The molecule has 0 N–H and O–H groups in total. The van der Waals surface area contributed by atoms with E-state index in [9.17, 15) is 4.39 Å². The first kappa shape index (κ1) is 8.23. The van der Waals surface area contributed by atoms with E-state index >= 15 is 0 Å². The predicted molar refractivity (Wildman–Crippen MR) is 47.1 cm³/mol. The molecule has 0 aromatic heterocycles. The van der Waals surface area contributed by atoms with Crippen LogP contribution in [0.1, 0.15) is 12.5 Å². The van der Waals surface area contributed by atoms with Crippen molar-refractivity contribution in [2.45, 2.75) is 12.5 Å². The highest BCUT2D eigenvalue weighted by Gasteiger charge is 2.32. The van der Waals surface area contributed by atoms with Gasteiger partial charge in [-0.3, -0.25) is 0 Å². The fourth-order valence-corrected chi connectivity index (χ4v) is 1.37. The number of hydrogen-bond donors (Lipinski definition) is 0. The second-order valence-electron chi connectivity index (χ2n) is 3.25. The molecule has 67 valence electrons. The number of rotatable bonds is 1. The molecule has 0 saturated carbocycles. The summed E-state index contributed by atoms with van der Waals surface area (Å²) >= 11 is 0. The van der Waals surface area contributed by atoms with Crippen molar-refractivity contribution in [3.8, 4) is 0 Å². The van der Waals surface area contributed by atoms with E-state index in [0.29, 0.717) is 12.2 Å². The van der Waals surface area contributed by atoms with E-state index in [1.54, 1.807) is 18.2 Å². The maximum Gasteiger partial charge on any atom is 0.274 e. The highest BCUT2D eigenvalue weighted by molar-refractivity contribution is 5.52. The number of ether oxygens (including phenoxy) is 1. The first-order valence-electron chi connectivity index (χ1n) is 4.06. The van der Waals surface area contributed by atoms with Gasteiger partial charge in [-0.15, -0.1) is 0 Å². The van der Waals surface area contributed by atoms with E-state index in [1.807, 2.05) is 6.92 Å². The molecule has 0 aliphatic carbocycles. The molecule has 0 bridgehead atoms. The number of aliphatic imine (C=N–C) groups is 1. The quantitative estimate of drug-likeness (QED) is 0.644. The lowest BCUT2D eigenvalue weighted by Crippen LogP contribution is -2.22. The summed E-state index contributed by atoms with van der Waals surface area (Å²) in [6, 6.07) is 6.59. The standard InChI is InChI=1S/C10H9FNO/c1-10(6-13-7-12-10)8-4-2-3-5-9(8)11/h2-5H,6H2,1H3. The topological polar surface area (TPSA) is 21.6 Å². The number of halogens is 1. The minimum Gasteiger partial charge on any atom is -0.471 e. The van der Waals surface area contributed by atoms with Crippen LogP contribution in [0.15, 0.2) is 29.3 Å². The van der Waals surface area contributed by atoms with Crippen LogP contribution in [0.25, 0.3) is 0 Å². The molecule has 0 amide bonds. The zero-order valence-electron chi connectivity index (χ0n) is 7.25. The van der Waals surface area contributed by atoms with Crippen LogP contribution in [-0.4, -0.2) is 13.0 Å². The summed E-state index contributed by atoms with van der Waals surface area (Å²) < 4.78 is 18.2. The molecule has 0 spiro atoms. The summed E-state index contributed by atoms with van der Waals surface area (Å²) in [6.07, 6.45) is 2.40. The van der Waals surface area contributed by atoms with Gasteiger partial charge in [0.05, 0.1) is 0 Å². The molecular formula is C10H9FNO. The van der Waals surface area contributed by atoms with Gasteiger partial charge in [0.25, 0.3) is 6.40 Å². The zero-order valence-corrected chi connectivity index (χ0v) is 7.25. The Morgan fingerprint density at radius 3 is 2.92 bits per heavy atom. The first-order chi connectivity index (χ1) is 6.22. The summed E-state index contributed by atoms with van der Waals surface area (Å²) in [6.45, 7) is 2.18. The van der Waals surface area contributed by atoms with Gasteiger partial charge in [0.15, 0.2) is 0 Å². The van der Waals surface area contributed by atoms with Gasteiger partial charge in [0.1, 0.15) is 18.0 Å². The molecule has 1 radical (unpaired) electrons. The molecule has 1 heterocycles. The van der Waals surface area contributed by atoms with E-state index in [0.717, 1.165) is 0 Å². The van der Waals surface area contributed by atoms with E-state index in [1.165, 1.54) is 6.07 Å². The third kappa shape index (κ3) is 1.30. The Kier molecular flexibility index (Phi) is 1.79. The van der Waals surface area contributed by atoms with Crippen LogP contribution in [0.3, 0.4) is 0 Å². The van der Waals surface area contributed by atoms with Gasteiger partial charge >= 0.3 is 0 Å². The van der Waals surface area contributed by atoms with Crippen molar-refractivity contribution >= 4 is 6.40 Å². The summed E-state index contributed by atoms with van der Waals surface area (Å²) in [5.41, 5.74) is -0.0503. The molecule has 1 unspecified atom stereocenters. The zero-order chi connectivity index (χ0) is 9.31. The lowest BCUT2D eigenvalue weighted by atomic mass is 9.94. The van der Waals surface area contributed by atoms with Gasteiger partial charge < -0.3 is 4.74 Å². The van der Waals surface area contributed by atoms with Gasteiger partial charge in [-0.1, -0.05) is 18.2 Å². The van der Waals surface area contributed by atoms with Gasteiger partial charge in [-0.05, 0) is 13.0 Å². The number of nitrogens with zero attached hydrogens (tertiary/aromatic N) is 1. The fourth-order valence-electron chi connectivity index (χ4n) is 1.37. The molecular weight excluding hydrogens is 169 g/mol. The highest BCUT2D eigenvalue weighted by atomic mass is 19.1. The van der Waals surface area contributed by atoms with Gasteiger partial charge in [-0.2, -0.15) is 0 Å². The first-order valence-corrected chi connectivity index (χ1v) is 4.06. The SMILES string of the molecule is CC1(c2ccccc2F)CO[C]=N1. The minimum absolute atomic E-state index is 0.249. The van der Waals surface area contributed by atoms with Crippen molar-refractivity contribution in [3.05, 3.63) is 35.6 Å². The smallest absolute Gasteiger partial charge is 0.274 e. The minimum atomic E-state index is -0.606. The second kappa shape index (κ2) is 2.83. The molecule has 0 fully saturated rings. The molecule has 1 aliphatic heterocycles. The summed E-state index contributed by atoms with van der Waals surface area (Å²) in [5, 5.41) is 0. The summed E-state index contributed by atoms with van der Waals surface area (Å²) in [7, 11) is 0. The van der Waals surface area contributed by atoms with E-state index in [4.69, 9.17) is 4.74 Å². The van der Waals surface area contributed by atoms with Crippen molar-refractivity contribution in [2.75, 3.05) is 6.61 Å². The average molecular weight is 178 g/mol. The van der Waals surface area contributed by atoms with E-state index < -0.39 is 5.54 Å². The van der Waals surface area contributed by atoms with Crippen LogP contribution in [-0.2, 0) is 10.3 Å². The van der Waals surface area contributed by atoms with Crippen LogP contribution in [0.2, 0.25) is 0 Å². The lowest BCUT2D eigenvalue weighted by molar-refractivity contribution is 0.272. The lowest BCUT2D eigenvalue weighted by Gasteiger charge is -2.19. The van der Waals surface area contributed by atoms with Crippen molar-refractivity contribution < 1.29 is 9.13 Å². The predicted octanol–water partition coefficient (Wildman–Crippen LogP) is 1.98. The molecule has 2 rings (SSSR count). The second-order valence-corrected chi connectivity index (χ2v) is 3.25. The van der Waals surface area contributed by atoms with Crippen molar-refractivity contribution in [1.82, 2.24) is 0 Å². The van der Waals surface area contributed by atoms with Gasteiger partial charge in [0.2, 0.25) is 0 Å². The monoisotopic (exact) mass is 178 g/mol. The van der Waals surface area contributed by atoms with Crippen molar-refractivity contribution in [2.24, 2.45) is 4.99 Å². The Morgan fingerprint density at radius 1 is 1.54 bits per heavy atom. The van der Waals surface area contributed by atoms with Crippen LogP contribution in [0.4, 0.5) is 4.39 Å². The summed E-state index contributed by atoms with van der Waals surface area (Å²) in [4.78, 5) is 3.99. The molecule has 1 aliphatic rings.